The highest BCUT2D eigenvalue weighted by atomic mass is 19.1. The Kier molecular flexibility index (Phi) is 5.59. The Morgan fingerprint density at radius 3 is 2.38 bits per heavy atom. The maximum Gasteiger partial charge on any atom is 0.305 e. The first-order valence-electron chi connectivity index (χ1n) is 7.46. The molecule has 0 bridgehead atoms. The van der Waals surface area contributed by atoms with E-state index in [1.165, 1.54) is 16.5 Å². The van der Waals surface area contributed by atoms with Crippen LogP contribution < -0.4 is 10.2 Å². The molecule has 6 nitrogen and oxygen atoms in total. The number of amides is 1. The van der Waals surface area contributed by atoms with E-state index in [1.54, 1.807) is 0 Å². The molecular weight excluding hydrogens is 313 g/mol. The second-order valence-electron chi connectivity index (χ2n) is 5.81. The predicted octanol–water partition coefficient (Wildman–Crippen LogP) is 1.31. The minimum absolute atomic E-state index is 0.0518. The van der Waals surface area contributed by atoms with Gasteiger partial charge in [0.25, 0.3) is 5.91 Å². The Morgan fingerprint density at radius 1 is 1.17 bits per heavy atom. The highest BCUT2D eigenvalue weighted by Gasteiger charge is 2.17. The molecule has 0 heterocycles. The van der Waals surface area contributed by atoms with E-state index >= 15 is 0 Å². The van der Waals surface area contributed by atoms with Crippen molar-refractivity contribution in [2.75, 3.05) is 14.1 Å². The van der Waals surface area contributed by atoms with Crippen LogP contribution in [0.15, 0.2) is 42.5 Å². The number of nitrogens with one attached hydrogen (secondary N) is 2. The molecule has 1 amide bonds. The monoisotopic (exact) mass is 332 g/mol. The lowest BCUT2D eigenvalue weighted by Gasteiger charge is -2.09. The average Bonchev–Trinajstić information content (AvgIpc) is 2.53. The summed E-state index contributed by atoms with van der Waals surface area (Å²) in [6, 6.07) is 10.9. The van der Waals surface area contributed by atoms with Gasteiger partial charge in [-0.3, -0.25) is 14.9 Å². The Labute approximate surface area is 139 Å². The number of nitro groups is 1. The molecule has 24 heavy (non-hydrogen) atoms. The molecule has 2 aromatic carbocycles. The summed E-state index contributed by atoms with van der Waals surface area (Å²) in [7, 11) is 4.13. The van der Waals surface area contributed by atoms with Gasteiger partial charge in [0.1, 0.15) is 6.54 Å². The van der Waals surface area contributed by atoms with Crippen molar-refractivity contribution in [2.24, 2.45) is 0 Å². The van der Waals surface area contributed by atoms with E-state index in [2.05, 4.69) is 19.4 Å². The lowest BCUT2D eigenvalue weighted by molar-refractivity contribution is -0.872. The van der Waals surface area contributed by atoms with E-state index in [1.807, 2.05) is 24.3 Å². The normalized spacial score (nSPS) is 10.7. The first-order valence-corrected chi connectivity index (χ1v) is 7.46. The Morgan fingerprint density at radius 2 is 1.79 bits per heavy atom. The number of carbonyl (C=O) groups excluding carboxylic acids is 1. The summed E-state index contributed by atoms with van der Waals surface area (Å²) in [6.45, 7) is 1.20. The fourth-order valence-corrected chi connectivity index (χ4v) is 2.26. The van der Waals surface area contributed by atoms with Crippen molar-refractivity contribution >= 4 is 11.6 Å². The first-order chi connectivity index (χ1) is 11.4. The summed E-state index contributed by atoms with van der Waals surface area (Å²) >= 11 is 0. The first kappa shape index (κ1) is 17.6. The molecule has 0 fully saturated rings. The molecule has 0 spiro atoms. The van der Waals surface area contributed by atoms with Crippen molar-refractivity contribution in [3.8, 4) is 0 Å². The number of quaternary nitrogens is 1. The van der Waals surface area contributed by atoms with Gasteiger partial charge in [0.05, 0.1) is 19.0 Å². The molecule has 0 unspecified atom stereocenters. The molecule has 7 heteroatoms. The van der Waals surface area contributed by atoms with Crippen molar-refractivity contribution in [2.45, 2.75) is 13.1 Å². The van der Waals surface area contributed by atoms with Gasteiger partial charge in [0, 0.05) is 23.7 Å². The number of hydrogen-bond acceptors (Lipinski definition) is 3. The van der Waals surface area contributed by atoms with Crippen LogP contribution >= 0.6 is 0 Å². The van der Waals surface area contributed by atoms with Gasteiger partial charge < -0.3 is 10.2 Å². The van der Waals surface area contributed by atoms with E-state index in [0.717, 1.165) is 24.2 Å². The van der Waals surface area contributed by atoms with Crippen LogP contribution in [-0.2, 0) is 13.1 Å². The SMILES string of the molecule is C[NH+](C)Cc1ccc(CNC(=O)c2ccc(F)c([N+](=O)[O-])c2)cc1. The maximum atomic E-state index is 13.3. The van der Waals surface area contributed by atoms with E-state index in [0.29, 0.717) is 6.54 Å². The number of halogens is 1. The zero-order chi connectivity index (χ0) is 17.7. The lowest BCUT2D eigenvalue weighted by atomic mass is 10.1. The van der Waals surface area contributed by atoms with E-state index in [4.69, 9.17) is 0 Å². The second kappa shape index (κ2) is 7.65. The van der Waals surface area contributed by atoms with Crippen molar-refractivity contribution in [1.29, 1.82) is 0 Å². The van der Waals surface area contributed by atoms with Crippen molar-refractivity contribution in [1.82, 2.24) is 5.32 Å². The molecule has 0 saturated heterocycles. The van der Waals surface area contributed by atoms with Gasteiger partial charge in [-0.05, 0) is 17.7 Å². The molecule has 2 N–H and O–H groups in total. The van der Waals surface area contributed by atoms with Crippen LogP contribution in [0, 0.1) is 15.9 Å². The fourth-order valence-electron chi connectivity index (χ4n) is 2.26. The van der Waals surface area contributed by atoms with E-state index in [9.17, 15) is 19.3 Å². The van der Waals surface area contributed by atoms with Gasteiger partial charge in [-0.15, -0.1) is 0 Å². The highest BCUT2D eigenvalue weighted by Crippen LogP contribution is 2.18. The van der Waals surface area contributed by atoms with Crippen LogP contribution in [0.1, 0.15) is 21.5 Å². The standard InChI is InChI=1S/C17H18FN3O3/c1-20(2)11-13-5-3-12(4-6-13)10-19-17(22)14-7-8-15(18)16(9-14)21(23)24/h3-9H,10-11H2,1-2H3,(H,19,22)/p+1. The number of rotatable bonds is 6. The van der Waals surface area contributed by atoms with Crippen molar-refractivity contribution in [3.63, 3.8) is 0 Å². The maximum absolute atomic E-state index is 13.3. The molecule has 0 aliphatic rings. The molecule has 2 rings (SSSR count). The highest BCUT2D eigenvalue weighted by molar-refractivity contribution is 5.94. The Hall–Kier alpha value is -2.80. The van der Waals surface area contributed by atoms with E-state index in [-0.39, 0.29) is 5.56 Å². The largest absolute Gasteiger partial charge is 0.348 e. The van der Waals surface area contributed by atoms with Gasteiger partial charge in [0.2, 0.25) is 5.82 Å². The zero-order valence-electron chi connectivity index (χ0n) is 13.5. The van der Waals surface area contributed by atoms with Crippen LogP contribution in [-0.4, -0.2) is 24.9 Å². The van der Waals surface area contributed by atoms with Crippen LogP contribution in [0.4, 0.5) is 10.1 Å². The summed E-state index contributed by atoms with van der Waals surface area (Å²) < 4.78 is 13.3. The predicted molar refractivity (Wildman–Crippen MR) is 87.2 cm³/mol. The van der Waals surface area contributed by atoms with Crippen molar-refractivity contribution < 1.29 is 19.0 Å². The van der Waals surface area contributed by atoms with Gasteiger partial charge in [-0.2, -0.15) is 4.39 Å². The molecule has 0 aromatic heterocycles. The second-order valence-corrected chi connectivity index (χ2v) is 5.81. The van der Waals surface area contributed by atoms with Gasteiger partial charge in [-0.25, -0.2) is 0 Å². The number of carbonyl (C=O) groups is 1. The topological polar surface area (TPSA) is 76.7 Å². The summed E-state index contributed by atoms with van der Waals surface area (Å²) in [6.07, 6.45) is 0. The van der Waals surface area contributed by atoms with Crippen LogP contribution in [0.2, 0.25) is 0 Å². The fraction of sp³-hybridized carbons (Fsp3) is 0.235. The third-order valence-electron chi connectivity index (χ3n) is 3.44. The molecular formula is C17H19FN3O3+. The summed E-state index contributed by atoms with van der Waals surface area (Å²) in [5.74, 6) is -1.45. The van der Waals surface area contributed by atoms with Gasteiger partial charge in [0.15, 0.2) is 0 Å². The molecule has 2 aromatic rings. The number of nitro benzene ring substituents is 1. The summed E-state index contributed by atoms with van der Waals surface area (Å²) in [5, 5.41) is 13.4. The van der Waals surface area contributed by atoms with Crippen molar-refractivity contribution in [3.05, 3.63) is 75.1 Å². The van der Waals surface area contributed by atoms with Crippen LogP contribution in [0.5, 0.6) is 0 Å². The number of benzene rings is 2. The minimum atomic E-state index is -0.963. The van der Waals surface area contributed by atoms with Gasteiger partial charge >= 0.3 is 5.69 Å². The molecule has 126 valence electrons. The van der Waals surface area contributed by atoms with E-state index < -0.39 is 22.3 Å². The van der Waals surface area contributed by atoms with Crippen LogP contribution in [0.25, 0.3) is 0 Å². The third kappa shape index (κ3) is 4.60. The number of nitrogens with zero attached hydrogens (tertiary/aromatic N) is 1. The smallest absolute Gasteiger partial charge is 0.305 e. The third-order valence-corrected chi connectivity index (χ3v) is 3.44. The molecule has 0 aliphatic carbocycles. The summed E-state index contributed by atoms with van der Waals surface area (Å²) in [4.78, 5) is 23.2. The molecule has 0 atom stereocenters. The quantitative estimate of drug-likeness (QED) is 0.618. The summed E-state index contributed by atoms with van der Waals surface area (Å²) in [5.41, 5.74) is 1.45. The molecule has 0 radical (unpaired) electrons. The Balaban J connectivity index is 2.00. The average molecular weight is 332 g/mol. The minimum Gasteiger partial charge on any atom is -0.348 e. The zero-order valence-corrected chi connectivity index (χ0v) is 13.5. The molecule has 0 aliphatic heterocycles. The molecule has 0 saturated carbocycles. The lowest BCUT2D eigenvalue weighted by Crippen LogP contribution is -3.04. The number of hydrogen-bond donors (Lipinski definition) is 2. The Bertz CT molecular complexity index is 745. The van der Waals surface area contributed by atoms with Gasteiger partial charge in [-0.1, -0.05) is 24.3 Å². The van der Waals surface area contributed by atoms with Crippen LogP contribution in [0.3, 0.4) is 0 Å².